The van der Waals surface area contributed by atoms with Gasteiger partial charge in [0.15, 0.2) is 0 Å². The van der Waals surface area contributed by atoms with Gasteiger partial charge in [-0.2, -0.15) is 0 Å². The van der Waals surface area contributed by atoms with Crippen LogP contribution >= 0.6 is 0 Å². The molecule has 0 saturated carbocycles. The van der Waals surface area contributed by atoms with E-state index in [2.05, 4.69) is 54.0 Å². The van der Waals surface area contributed by atoms with E-state index in [1.807, 2.05) is 0 Å². The Morgan fingerprint density at radius 3 is 2.67 bits per heavy atom. The van der Waals surface area contributed by atoms with Crippen molar-refractivity contribution in [1.29, 1.82) is 0 Å². The summed E-state index contributed by atoms with van der Waals surface area (Å²) in [6.07, 6.45) is 3.92. The quantitative estimate of drug-likeness (QED) is 0.803. The third-order valence-electron chi connectivity index (χ3n) is 4.39. The molecule has 3 heteroatoms. The second-order valence-electron chi connectivity index (χ2n) is 6.06. The molecule has 1 aromatic rings. The third kappa shape index (κ3) is 4.85. The molecule has 2 rings (SSSR count). The van der Waals surface area contributed by atoms with Crippen molar-refractivity contribution >= 4 is 5.91 Å². The van der Waals surface area contributed by atoms with Crippen molar-refractivity contribution in [2.24, 2.45) is 0 Å². The Hall–Kier alpha value is -1.35. The molecular formula is C18H28N2O. The summed E-state index contributed by atoms with van der Waals surface area (Å²) in [6, 6.07) is 11.1. The lowest BCUT2D eigenvalue weighted by Crippen LogP contribution is -2.53. The molecule has 1 saturated heterocycles. The molecule has 0 radical (unpaired) electrons. The van der Waals surface area contributed by atoms with Crippen LogP contribution in [0, 0.1) is 0 Å². The zero-order chi connectivity index (χ0) is 15.1. The molecule has 1 fully saturated rings. The normalized spacial score (nSPS) is 19.7. The van der Waals surface area contributed by atoms with Gasteiger partial charge in [-0.3, -0.25) is 9.69 Å². The topological polar surface area (TPSA) is 23.6 Å². The van der Waals surface area contributed by atoms with Crippen molar-refractivity contribution in [1.82, 2.24) is 9.80 Å². The number of hydrogen-bond acceptors (Lipinski definition) is 2. The molecule has 0 spiro atoms. The second kappa shape index (κ2) is 8.18. The van der Waals surface area contributed by atoms with Crippen LogP contribution in [0.5, 0.6) is 0 Å². The first-order valence-corrected chi connectivity index (χ1v) is 8.26. The van der Waals surface area contributed by atoms with Crippen LogP contribution in [0.15, 0.2) is 30.3 Å². The van der Waals surface area contributed by atoms with Crippen molar-refractivity contribution in [2.45, 2.75) is 45.6 Å². The number of hydrogen-bond donors (Lipinski definition) is 0. The van der Waals surface area contributed by atoms with Gasteiger partial charge in [-0.1, -0.05) is 43.7 Å². The van der Waals surface area contributed by atoms with Crippen molar-refractivity contribution < 1.29 is 4.79 Å². The molecule has 0 N–H and O–H groups in total. The van der Waals surface area contributed by atoms with Crippen LogP contribution < -0.4 is 0 Å². The zero-order valence-electron chi connectivity index (χ0n) is 13.4. The zero-order valence-corrected chi connectivity index (χ0v) is 13.4. The first-order valence-electron chi connectivity index (χ1n) is 8.26. The maximum atomic E-state index is 12.1. The van der Waals surface area contributed by atoms with Gasteiger partial charge >= 0.3 is 0 Å². The Kier molecular flexibility index (Phi) is 6.24. The lowest BCUT2D eigenvalue weighted by Gasteiger charge is -2.40. The van der Waals surface area contributed by atoms with Gasteiger partial charge in [-0.05, 0) is 25.3 Å². The van der Waals surface area contributed by atoms with Gasteiger partial charge in [-0.15, -0.1) is 0 Å². The minimum atomic E-state index is 0.339. The number of carbonyl (C=O) groups excluding carboxylic acids is 1. The number of amides is 1. The van der Waals surface area contributed by atoms with E-state index in [1.165, 1.54) is 5.56 Å². The Morgan fingerprint density at radius 1 is 1.24 bits per heavy atom. The molecule has 1 aliphatic heterocycles. The summed E-state index contributed by atoms with van der Waals surface area (Å²) in [5.74, 6) is 0.339. The highest BCUT2D eigenvalue weighted by atomic mass is 16.2. The van der Waals surface area contributed by atoms with E-state index in [0.29, 0.717) is 18.4 Å². The van der Waals surface area contributed by atoms with E-state index in [-0.39, 0.29) is 0 Å². The number of nitrogens with zero attached hydrogens (tertiary/aromatic N) is 2. The van der Waals surface area contributed by atoms with Gasteiger partial charge in [-0.25, -0.2) is 0 Å². The first-order chi connectivity index (χ1) is 10.2. The fourth-order valence-electron chi connectivity index (χ4n) is 2.96. The summed E-state index contributed by atoms with van der Waals surface area (Å²) in [5.41, 5.74) is 1.39. The van der Waals surface area contributed by atoms with Gasteiger partial charge in [0, 0.05) is 38.6 Å². The number of unbranched alkanes of at least 4 members (excludes halogenated alkanes) is 1. The molecule has 1 aromatic carbocycles. The highest BCUT2D eigenvalue weighted by Gasteiger charge is 2.25. The number of rotatable bonds is 6. The van der Waals surface area contributed by atoms with Crippen LogP contribution in [0.1, 0.15) is 38.7 Å². The number of carbonyl (C=O) groups is 1. The van der Waals surface area contributed by atoms with E-state index in [0.717, 1.165) is 45.4 Å². The maximum absolute atomic E-state index is 12.1. The van der Waals surface area contributed by atoms with Crippen molar-refractivity contribution in [3.63, 3.8) is 0 Å². The van der Waals surface area contributed by atoms with Crippen molar-refractivity contribution in [2.75, 3.05) is 26.2 Å². The molecule has 0 aliphatic carbocycles. The largest absolute Gasteiger partial charge is 0.340 e. The molecular weight excluding hydrogens is 260 g/mol. The fourth-order valence-corrected chi connectivity index (χ4v) is 2.96. The SMILES string of the molecule is CCCCC(=O)N1CCN(CCc2ccccc2)C(C)C1. The average molecular weight is 288 g/mol. The molecule has 1 aliphatic rings. The van der Waals surface area contributed by atoms with Crippen LogP contribution in [-0.2, 0) is 11.2 Å². The fraction of sp³-hybridized carbons (Fsp3) is 0.611. The molecule has 0 aromatic heterocycles. The van der Waals surface area contributed by atoms with Crippen LogP contribution in [0.25, 0.3) is 0 Å². The third-order valence-corrected chi connectivity index (χ3v) is 4.39. The Balaban J connectivity index is 1.77. The molecule has 1 atom stereocenters. The Bertz CT molecular complexity index is 432. The molecule has 116 valence electrons. The highest BCUT2D eigenvalue weighted by Crippen LogP contribution is 2.13. The van der Waals surface area contributed by atoms with Gasteiger partial charge < -0.3 is 4.90 Å². The van der Waals surface area contributed by atoms with Crippen molar-refractivity contribution in [3.05, 3.63) is 35.9 Å². The van der Waals surface area contributed by atoms with Crippen LogP contribution in [0.4, 0.5) is 0 Å². The van der Waals surface area contributed by atoms with Gasteiger partial charge in [0.1, 0.15) is 0 Å². The standard InChI is InChI=1S/C18H28N2O/c1-3-4-10-18(21)20-14-13-19(16(2)15-20)12-11-17-8-6-5-7-9-17/h5-9,16H,3-4,10-15H2,1-2H3. The smallest absolute Gasteiger partial charge is 0.222 e. The lowest BCUT2D eigenvalue weighted by molar-refractivity contribution is -0.134. The Labute approximate surface area is 128 Å². The summed E-state index contributed by atoms with van der Waals surface area (Å²) in [7, 11) is 0. The molecule has 3 nitrogen and oxygen atoms in total. The predicted molar refractivity (Wildman–Crippen MR) is 87.3 cm³/mol. The minimum Gasteiger partial charge on any atom is -0.340 e. The summed E-state index contributed by atoms with van der Waals surface area (Å²) >= 11 is 0. The Morgan fingerprint density at radius 2 is 2.00 bits per heavy atom. The maximum Gasteiger partial charge on any atom is 0.222 e. The first kappa shape index (κ1) is 16.0. The van der Waals surface area contributed by atoms with Gasteiger partial charge in [0.05, 0.1) is 0 Å². The second-order valence-corrected chi connectivity index (χ2v) is 6.06. The van der Waals surface area contributed by atoms with E-state index >= 15 is 0 Å². The van der Waals surface area contributed by atoms with E-state index in [4.69, 9.17) is 0 Å². The predicted octanol–water partition coefficient (Wildman–Crippen LogP) is 2.95. The average Bonchev–Trinajstić information content (AvgIpc) is 2.52. The number of piperazine rings is 1. The van der Waals surface area contributed by atoms with Gasteiger partial charge in [0.25, 0.3) is 0 Å². The molecule has 1 amide bonds. The van der Waals surface area contributed by atoms with Crippen LogP contribution in [0.3, 0.4) is 0 Å². The molecule has 1 heterocycles. The summed E-state index contributed by atoms with van der Waals surface area (Å²) in [4.78, 5) is 16.7. The van der Waals surface area contributed by atoms with Crippen molar-refractivity contribution in [3.8, 4) is 0 Å². The summed E-state index contributed by atoms with van der Waals surface area (Å²) in [5, 5.41) is 0. The van der Waals surface area contributed by atoms with E-state index < -0.39 is 0 Å². The summed E-state index contributed by atoms with van der Waals surface area (Å²) < 4.78 is 0. The highest BCUT2D eigenvalue weighted by molar-refractivity contribution is 5.76. The van der Waals surface area contributed by atoms with Crippen LogP contribution in [0.2, 0.25) is 0 Å². The lowest BCUT2D eigenvalue weighted by atomic mass is 10.1. The molecule has 21 heavy (non-hydrogen) atoms. The molecule has 1 unspecified atom stereocenters. The minimum absolute atomic E-state index is 0.339. The van der Waals surface area contributed by atoms with Gasteiger partial charge in [0.2, 0.25) is 5.91 Å². The van der Waals surface area contributed by atoms with E-state index in [1.54, 1.807) is 0 Å². The van der Waals surface area contributed by atoms with E-state index in [9.17, 15) is 4.79 Å². The number of benzene rings is 1. The molecule has 0 bridgehead atoms. The van der Waals surface area contributed by atoms with Crippen LogP contribution in [-0.4, -0.2) is 47.9 Å². The summed E-state index contributed by atoms with van der Waals surface area (Å²) in [6.45, 7) is 8.24. The monoisotopic (exact) mass is 288 g/mol.